The fourth-order valence-corrected chi connectivity index (χ4v) is 1.92. The molecule has 1 atom stereocenters. The molecule has 1 unspecified atom stereocenters. The van der Waals surface area contributed by atoms with Crippen LogP contribution in [0, 0.1) is 0 Å². The van der Waals surface area contributed by atoms with E-state index in [0.717, 1.165) is 17.7 Å². The van der Waals surface area contributed by atoms with Gasteiger partial charge in [-0.1, -0.05) is 12.1 Å². The minimum atomic E-state index is 0.275. The van der Waals surface area contributed by atoms with Gasteiger partial charge >= 0.3 is 0 Å². The Morgan fingerprint density at radius 3 is 2.86 bits per heavy atom. The first-order valence-corrected chi connectivity index (χ1v) is 5.05. The number of carbonyl (C=O) groups excluding carboxylic acids is 1. The fourth-order valence-electron chi connectivity index (χ4n) is 1.92. The molecule has 74 valence electrons. The average molecular weight is 189 g/mol. The molecule has 0 N–H and O–H groups in total. The molecule has 1 aliphatic heterocycles. The van der Waals surface area contributed by atoms with Crippen LogP contribution < -0.4 is 4.90 Å². The Kier molecular flexibility index (Phi) is 2.28. The molecule has 1 aromatic rings. The van der Waals surface area contributed by atoms with Crippen molar-refractivity contribution in [2.75, 3.05) is 11.9 Å². The highest BCUT2D eigenvalue weighted by Gasteiger charge is 2.22. The molecule has 0 spiro atoms. The van der Waals surface area contributed by atoms with Gasteiger partial charge < -0.3 is 4.90 Å². The Bertz CT molecular complexity index is 359. The summed E-state index contributed by atoms with van der Waals surface area (Å²) in [4.78, 5) is 14.0. The molecular formula is C12H15NO. The van der Waals surface area contributed by atoms with E-state index in [1.165, 1.54) is 0 Å². The van der Waals surface area contributed by atoms with E-state index in [4.69, 9.17) is 0 Å². The van der Waals surface area contributed by atoms with Gasteiger partial charge in [0.2, 0.25) is 0 Å². The van der Waals surface area contributed by atoms with E-state index in [-0.39, 0.29) is 5.78 Å². The molecule has 1 aliphatic rings. The third-order valence-electron chi connectivity index (χ3n) is 3.03. The van der Waals surface area contributed by atoms with Gasteiger partial charge in [0, 0.05) is 30.8 Å². The highest BCUT2D eigenvalue weighted by Crippen LogP contribution is 2.27. The van der Waals surface area contributed by atoms with E-state index >= 15 is 0 Å². The SMILES string of the molecule is CC1CCC(=O)c2ccccc2N1C. The number of para-hydroxylation sites is 1. The number of nitrogens with zero attached hydrogens (tertiary/aromatic N) is 1. The van der Waals surface area contributed by atoms with Crippen molar-refractivity contribution in [1.29, 1.82) is 0 Å². The molecular weight excluding hydrogens is 174 g/mol. The van der Waals surface area contributed by atoms with Gasteiger partial charge in [-0.2, -0.15) is 0 Å². The van der Waals surface area contributed by atoms with Crippen LogP contribution in [-0.4, -0.2) is 18.9 Å². The van der Waals surface area contributed by atoms with Crippen LogP contribution in [0.5, 0.6) is 0 Å². The number of ketones is 1. The zero-order valence-corrected chi connectivity index (χ0v) is 8.66. The smallest absolute Gasteiger partial charge is 0.165 e. The van der Waals surface area contributed by atoms with E-state index in [9.17, 15) is 4.79 Å². The van der Waals surface area contributed by atoms with E-state index < -0.39 is 0 Å². The monoisotopic (exact) mass is 189 g/mol. The molecule has 0 amide bonds. The van der Waals surface area contributed by atoms with Gasteiger partial charge in [-0.25, -0.2) is 0 Å². The maximum absolute atomic E-state index is 11.8. The molecule has 1 heterocycles. The second kappa shape index (κ2) is 3.45. The first-order valence-electron chi connectivity index (χ1n) is 5.05. The first kappa shape index (κ1) is 9.25. The molecule has 0 saturated heterocycles. The van der Waals surface area contributed by atoms with Crippen LogP contribution in [0.1, 0.15) is 30.1 Å². The minimum absolute atomic E-state index is 0.275. The number of carbonyl (C=O) groups is 1. The molecule has 2 heteroatoms. The second-order valence-corrected chi connectivity index (χ2v) is 3.94. The van der Waals surface area contributed by atoms with Gasteiger partial charge in [-0.05, 0) is 25.5 Å². The van der Waals surface area contributed by atoms with Crippen LogP contribution in [0.25, 0.3) is 0 Å². The van der Waals surface area contributed by atoms with Crippen molar-refractivity contribution in [2.24, 2.45) is 0 Å². The molecule has 14 heavy (non-hydrogen) atoms. The molecule has 0 bridgehead atoms. The topological polar surface area (TPSA) is 20.3 Å². The summed E-state index contributed by atoms with van der Waals surface area (Å²) in [5, 5.41) is 0. The largest absolute Gasteiger partial charge is 0.371 e. The lowest BCUT2D eigenvalue weighted by Crippen LogP contribution is -2.27. The Morgan fingerprint density at radius 2 is 2.07 bits per heavy atom. The van der Waals surface area contributed by atoms with Crippen LogP contribution in [-0.2, 0) is 0 Å². The quantitative estimate of drug-likeness (QED) is 0.625. The van der Waals surface area contributed by atoms with Gasteiger partial charge in [0.05, 0.1) is 0 Å². The zero-order chi connectivity index (χ0) is 10.1. The molecule has 0 aromatic heterocycles. The average Bonchev–Trinajstić information content (AvgIpc) is 2.33. The van der Waals surface area contributed by atoms with Crippen LogP contribution in [0.15, 0.2) is 24.3 Å². The maximum Gasteiger partial charge on any atom is 0.165 e. The number of hydrogen-bond acceptors (Lipinski definition) is 2. The van der Waals surface area contributed by atoms with Gasteiger partial charge in [0.1, 0.15) is 0 Å². The van der Waals surface area contributed by atoms with Crippen molar-refractivity contribution >= 4 is 11.5 Å². The molecule has 0 saturated carbocycles. The maximum atomic E-state index is 11.8. The van der Waals surface area contributed by atoms with Gasteiger partial charge in [-0.15, -0.1) is 0 Å². The summed E-state index contributed by atoms with van der Waals surface area (Å²) in [5.41, 5.74) is 1.95. The Labute approximate surface area is 84.5 Å². The summed E-state index contributed by atoms with van der Waals surface area (Å²) in [5.74, 6) is 0.275. The van der Waals surface area contributed by atoms with Crippen molar-refractivity contribution < 1.29 is 4.79 Å². The minimum Gasteiger partial charge on any atom is -0.371 e. The van der Waals surface area contributed by atoms with Crippen molar-refractivity contribution in [2.45, 2.75) is 25.8 Å². The summed E-state index contributed by atoms with van der Waals surface area (Å²) < 4.78 is 0. The fraction of sp³-hybridized carbons (Fsp3) is 0.417. The Hall–Kier alpha value is -1.31. The molecule has 0 radical (unpaired) electrons. The number of benzene rings is 1. The third kappa shape index (κ3) is 1.41. The first-order chi connectivity index (χ1) is 6.70. The molecule has 0 fully saturated rings. The van der Waals surface area contributed by atoms with Crippen molar-refractivity contribution in [3.05, 3.63) is 29.8 Å². The summed E-state index contributed by atoms with van der Waals surface area (Å²) in [6, 6.07) is 8.31. The van der Waals surface area contributed by atoms with Crippen molar-refractivity contribution in [3.8, 4) is 0 Å². The van der Waals surface area contributed by atoms with Gasteiger partial charge in [0.15, 0.2) is 5.78 Å². The van der Waals surface area contributed by atoms with Crippen LogP contribution in [0.3, 0.4) is 0 Å². The van der Waals surface area contributed by atoms with E-state index in [2.05, 4.69) is 18.9 Å². The highest BCUT2D eigenvalue weighted by atomic mass is 16.1. The number of Topliss-reactive ketones (excluding diaryl/α,β-unsaturated/α-hetero) is 1. The van der Waals surface area contributed by atoms with Crippen molar-refractivity contribution in [3.63, 3.8) is 0 Å². The lowest BCUT2D eigenvalue weighted by atomic mass is 10.1. The molecule has 2 rings (SSSR count). The van der Waals surface area contributed by atoms with E-state index in [0.29, 0.717) is 12.5 Å². The number of hydrogen-bond donors (Lipinski definition) is 0. The van der Waals surface area contributed by atoms with E-state index in [1.54, 1.807) is 0 Å². The number of anilines is 1. The third-order valence-corrected chi connectivity index (χ3v) is 3.03. The lowest BCUT2D eigenvalue weighted by molar-refractivity contribution is 0.0982. The summed E-state index contributed by atoms with van der Waals surface area (Å²) in [6.07, 6.45) is 1.62. The standard InChI is InChI=1S/C12H15NO/c1-9-7-8-12(14)10-5-3-4-6-11(10)13(9)2/h3-6,9H,7-8H2,1-2H3. The Morgan fingerprint density at radius 1 is 1.36 bits per heavy atom. The number of rotatable bonds is 0. The highest BCUT2D eigenvalue weighted by molar-refractivity contribution is 6.02. The van der Waals surface area contributed by atoms with Crippen molar-refractivity contribution in [1.82, 2.24) is 0 Å². The summed E-state index contributed by atoms with van der Waals surface area (Å²) >= 11 is 0. The van der Waals surface area contributed by atoms with Crippen LogP contribution in [0.4, 0.5) is 5.69 Å². The molecule has 1 aromatic carbocycles. The predicted octanol–water partition coefficient (Wildman–Crippen LogP) is 2.49. The van der Waals surface area contributed by atoms with Crippen LogP contribution in [0.2, 0.25) is 0 Å². The van der Waals surface area contributed by atoms with Crippen LogP contribution >= 0.6 is 0 Å². The predicted molar refractivity (Wildman–Crippen MR) is 57.9 cm³/mol. The lowest BCUT2D eigenvalue weighted by Gasteiger charge is -2.25. The molecule has 0 aliphatic carbocycles. The molecule has 2 nitrogen and oxygen atoms in total. The number of fused-ring (bicyclic) bond motifs is 1. The zero-order valence-electron chi connectivity index (χ0n) is 8.66. The normalized spacial score (nSPS) is 21.7. The Balaban J connectivity index is 2.51. The van der Waals surface area contributed by atoms with Gasteiger partial charge in [0.25, 0.3) is 0 Å². The second-order valence-electron chi connectivity index (χ2n) is 3.94. The summed E-state index contributed by atoms with van der Waals surface area (Å²) in [6.45, 7) is 2.16. The van der Waals surface area contributed by atoms with E-state index in [1.807, 2.05) is 24.3 Å². The summed E-state index contributed by atoms with van der Waals surface area (Å²) in [7, 11) is 2.06. The van der Waals surface area contributed by atoms with Gasteiger partial charge in [-0.3, -0.25) is 4.79 Å².